The Morgan fingerprint density at radius 1 is 1.30 bits per heavy atom. The first-order valence-corrected chi connectivity index (χ1v) is 8.54. The van der Waals surface area contributed by atoms with Crippen molar-refractivity contribution in [1.29, 1.82) is 0 Å². The van der Waals surface area contributed by atoms with E-state index >= 15 is 0 Å². The number of halogens is 1. The van der Waals surface area contributed by atoms with Crippen molar-refractivity contribution in [1.82, 2.24) is 9.88 Å². The lowest BCUT2D eigenvalue weighted by Crippen LogP contribution is -2.42. The molecule has 1 atom stereocenters. The number of thiazole rings is 1. The second-order valence-electron chi connectivity index (χ2n) is 5.47. The number of carboxylic acid groups (broad SMARTS) is 1. The minimum Gasteiger partial charge on any atom is -0.481 e. The van der Waals surface area contributed by atoms with Gasteiger partial charge >= 0.3 is 5.97 Å². The van der Waals surface area contributed by atoms with Gasteiger partial charge < -0.3 is 10.0 Å². The average molecular weight is 351 g/mol. The zero-order valence-electron chi connectivity index (χ0n) is 12.2. The van der Waals surface area contributed by atoms with Gasteiger partial charge in [-0.15, -0.1) is 11.3 Å². The highest BCUT2D eigenvalue weighted by Gasteiger charge is 2.29. The van der Waals surface area contributed by atoms with Crippen LogP contribution in [0.2, 0.25) is 5.02 Å². The van der Waals surface area contributed by atoms with Crippen molar-refractivity contribution in [2.24, 2.45) is 5.92 Å². The van der Waals surface area contributed by atoms with Crippen LogP contribution in [-0.4, -0.2) is 40.0 Å². The van der Waals surface area contributed by atoms with Crippen molar-refractivity contribution in [2.45, 2.75) is 12.8 Å². The summed E-state index contributed by atoms with van der Waals surface area (Å²) in [7, 11) is 0. The van der Waals surface area contributed by atoms with E-state index in [2.05, 4.69) is 4.98 Å². The van der Waals surface area contributed by atoms with Gasteiger partial charge in [0, 0.05) is 29.1 Å². The predicted octanol–water partition coefficient (Wildman–Crippen LogP) is 3.40. The van der Waals surface area contributed by atoms with E-state index in [0.717, 1.165) is 10.6 Å². The van der Waals surface area contributed by atoms with E-state index < -0.39 is 11.9 Å². The van der Waals surface area contributed by atoms with Gasteiger partial charge in [0.05, 0.1) is 5.92 Å². The number of hydrogen-bond acceptors (Lipinski definition) is 4. The number of aliphatic carboxylic acids is 1. The van der Waals surface area contributed by atoms with Gasteiger partial charge in [0.1, 0.15) is 10.7 Å². The lowest BCUT2D eigenvalue weighted by Gasteiger charge is -2.30. The first kappa shape index (κ1) is 16.0. The number of nitrogens with zero attached hydrogens (tertiary/aromatic N) is 2. The first-order chi connectivity index (χ1) is 11.0. The standard InChI is InChI=1S/C16H15ClN2O3S/c17-12-5-3-10(4-6-12)14-18-13(9-23-14)15(20)19-7-1-2-11(8-19)16(21)22/h3-6,9,11H,1-2,7-8H2,(H,21,22)/t11-/m1/s1. The van der Waals surface area contributed by atoms with Crippen LogP contribution in [0.4, 0.5) is 0 Å². The van der Waals surface area contributed by atoms with Crippen molar-refractivity contribution in [3.63, 3.8) is 0 Å². The number of carbonyl (C=O) groups is 2. The molecule has 0 radical (unpaired) electrons. The first-order valence-electron chi connectivity index (χ1n) is 7.28. The quantitative estimate of drug-likeness (QED) is 0.921. The summed E-state index contributed by atoms with van der Waals surface area (Å²) in [5, 5.41) is 12.2. The van der Waals surface area contributed by atoms with Gasteiger partial charge in [-0.25, -0.2) is 4.98 Å². The van der Waals surface area contributed by atoms with E-state index in [1.54, 1.807) is 22.4 Å². The highest BCUT2D eigenvalue weighted by atomic mass is 35.5. The summed E-state index contributed by atoms with van der Waals surface area (Å²) in [5.74, 6) is -1.53. The summed E-state index contributed by atoms with van der Waals surface area (Å²) >= 11 is 7.26. The number of piperidine rings is 1. The Balaban J connectivity index is 1.75. The SMILES string of the molecule is O=C(O)[C@@H]1CCCN(C(=O)c2csc(-c3ccc(Cl)cc3)n2)C1. The fourth-order valence-electron chi connectivity index (χ4n) is 2.62. The molecule has 1 aromatic heterocycles. The number of aromatic nitrogens is 1. The lowest BCUT2D eigenvalue weighted by molar-refractivity contribution is -0.143. The van der Waals surface area contributed by atoms with Crippen molar-refractivity contribution in [3.05, 3.63) is 40.4 Å². The molecule has 1 saturated heterocycles. The number of likely N-dealkylation sites (tertiary alicyclic amines) is 1. The zero-order chi connectivity index (χ0) is 16.4. The molecule has 1 aromatic carbocycles. The lowest BCUT2D eigenvalue weighted by atomic mass is 9.98. The minimum absolute atomic E-state index is 0.201. The van der Waals surface area contributed by atoms with Crippen LogP contribution >= 0.6 is 22.9 Å². The maximum atomic E-state index is 12.5. The molecule has 0 unspecified atom stereocenters. The van der Waals surface area contributed by atoms with E-state index in [0.29, 0.717) is 30.1 Å². The topological polar surface area (TPSA) is 70.5 Å². The third-order valence-corrected chi connectivity index (χ3v) is 5.02. The Hall–Kier alpha value is -1.92. The number of carbonyl (C=O) groups excluding carboxylic acids is 1. The van der Waals surface area contributed by atoms with Gasteiger partial charge in [0.15, 0.2) is 0 Å². The number of amides is 1. The summed E-state index contributed by atoms with van der Waals surface area (Å²) in [6.07, 6.45) is 1.32. The molecule has 3 rings (SSSR count). The van der Waals surface area contributed by atoms with Crippen LogP contribution in [0.5, 0.6) is 0 Å². The Morgan fingerprint density at radius 3 is 2.74 bits per heavy atom. The molecule has 1 amide bonds. The minimum atomic E-state index is -0.845. The summed E-state index contributed by atoms with van der Waals surface area (Å²) in [6.45, 7) is 0.832. The predicted molar refractivity (Wildman–Crippen MR) is 88.8 cm³/mol. The van der Waals surface area contributed by atoms with Crippen LogP contribution in [-0.2, 0) is 4.79 Å². The molecule has 1 N–H and O–H groups in total. The number of hydrogen-bond donors (Lipinski definition) is 1. The summed E-state index contributed by atoms with van der Waals surface area (Å²) < 4.78 is 0. The number of rotatable bonds is 3. The third-order valence-electron chi connectivity index (χ3n) is 3.87. The van der Waals surface area contributed by atoms with Gasteiger partial charge in [-0.05, 0) is 25.0 Å². The largest absolute Gasteiger partial charge is 0.481 e. The summed E-state index contributed by atoms with van der Waals surface area (Å²) in [4.78, 5) is 29.6. The van der Waals surface area contributed by atoms with E-state index in [9.17, 15) is 9.59 Å². The average Bonchev–Trinajstić information content (AvgIpc) is 3.05. The van der Waals surface area contributed by atoms with Crippen molar-refractivity contribution < 1.29 is 14.7 Å². The molecule has 1 aliphatic heterocycles. The maximum Gasteiger partial charge on any atom is 0.308 e. The summed E-state index contributed by atoms with van der Waals surface area (Å²) in [5.41, 5.74) is 1.27. The molecular weight excluding hydrogens is 336 g/mol. The van der Waals surface area contributed by atoms with Crippen LogP contribution < -0.4 is 0 Å². The molecule has 0 aliphatic carbocycles. The van der Waals surface area contributed by atoms with Gasteiger partial charge in [-0.3, -0.25) is 9.59 Å². The summed E-state index contributed by atoms with van der Waals surface area (Å²) in [6, 6.07) is 7.28. The molecule has 2 heterocycles. The van der Waals surface area contributed by atoms with Gasteiger partial charge in [-0.1, -0.05) is 23.7 Å². The Labute approximate surface area is 142 Å². The smallest absolute Gasteiger partial charge is 0.308 e. The normalized spacial score (nSPS) is 18.0. The Morgan fingerprint density at radius 2 is 2.04 bits per heavy atom. The maximum absolute atomic E-state index is 12.5. The molecule has 0 spiro atoms. The Kier molecular flexibility index (Phi) is 4.63. The molecule has 5 nitrogen and oxygen atoms in total. The molecule has 7 heteroatoms. The van der Waals surface area contributed by atoms with Gasteiger partial charge in [-0.2, -0.15) is 0 Å². The molecule has 0 bridgehead atoms. The van der Waals surface area contributed by atoms with Crippen LogP contribution in [0.1, 0.15) is 23.3 Å². The van der Waals surface area contributed by atoms with E-state index in [-0.39, 0.29) is 12.5 Å². The molecule has 1 aliphatic rings. The number of benzene rings is 1. The van der Waals surface area contributed by atoms with E-state index in [1.165, 1.54) is 11.3 Å². The molecular formula is C16H15ClN2O3S. The highest BCUT2D eigenvalue weighted by molar-refractivity contribution is 7.13. The van der Waals surface area contributed by atoms with Crippen LogP contribution in [0.15, 0.2) is 29.6 Å². The monoisotopic (exact) mass is 350 g/mol. The van der Waals surface area contributed by atoms with Crippen LogP contribution in [0, 0.1) is 5.92 Å². The van der Waals surface area contributed by atoms with Gasteiger partial charge in [0.25, 0.3) is 5.91 Å². The number of carboxylic acids is 1. The second-order valence-corrected chi connectivity index (χ2v) is 6.77. The Bertz CT molecular complexity index is 729. The third kappa shape index (κ3) is 3.54. The fourth-order valence-corrected chi connectivity index (χ4v) is 3.55. The van der Waals surface area contributed by atoms with E-state index in [1.807, 2.05) is 12.1 Å². The molecule has 23 heavy (non-hydrogen) atoms. The molecule has 120 valence electrons. The fraction of sp³-hybridized carbons (Fsp3) is 0.312. The van der Waals surface area contributed by atoms with Crippen LogP contribution in [0.25, 0.3) is 10.6 Å². The van der Waals surface area contributed by atoms with Gasteiger partial charge in [0.2, 0.25) is 0 Å². The van der Waals surface area contributed by atoms with Crippen molar-refractivity contribution in [3.8, 4) is 10.6 Å². The molecule has 0 saturated carbocycles. The van der Waals surface area contributed by atoms with Crippen LogP contribution in [0.3, 0.4) is 0 Å². The molecule has 1 fully saturated rings. The zero-order valence-corrected chi connectivity index (χ0v) is 13.8. The molecule has 2 aromatic rings. The van der Waals surface area contributed by atoms with Crippen molar-refractivity contribution in [2.75, 3.05) is 13.1 Å². The van der Waals surface area contributed by atoms with E-state index in [4.69, 9.17) is 16.7 Å². The second kappa shape index (κ2) is 6.68. The van der Waals surface area contributed by atoms with Crippen molar-refractivity contribution >= 4 is 34.8 Å². The highest BCUT2D eigenvalue weighted by Crippen LogP contribution is 2.26.